The van der Waals surface area contributed by atoms with E-state index in [4.69, 9.17) is 0 Å². The lowest BCUT2D eigenvalue weighted by Crippen LogP contribution is -2.35. The zero-order valence-corrected chi connectivity index (χ0v) is 24.0. The van der Waals surface area contributed by atoms with Gasteiger partial charge in [0.05, 0.1) is 18.3 Å². The number of aryl methyl sites for hydroxylation is 1. The van der Waals surface area contributed by atoms with E-state index >= 15 is 0 Å². The molecule has 43 heavy (non-hydrogen) atoms. The first-order chi connectivity index (χ1) is 20.7. The molecule has 1 aliphatic heterocycles. The number of nitrogens with one attached hydrogen (secondary N) is 3. The molecular formula is C27H22FN9O4S2. The van der Waals surface area contributed by atoms with Crippen molar-refractivity contribution in [3.8, 4) is 11.4 Å². The van der Waals surface area contributed by atoms with Gasteiger partial charge in [-0.3, -0.25) is 13.9 Å². The Labute approximate surface area is 248 Å². The van der Waals surface area contributed by atoms with Crippen LogP contribution in [0.1, 0.15) is 43.7 Å². The molecule has 0 bridgehead atoms. The predicted octanol–water partition coefficient (Wildman–Crippen LogP) is 2.78. The minimum absolute atomic E-state index is 0.0440. The normalized spacial score (nSPS) is 14.4. The maximum atomic E-state index is 13.6. The zero-order chi connectivity index (χ0) is 30.1. The average Bonchev–Trinajstić information content (AvgIpc) is 3.80. The highest BCUT2D eigenvalue weighted by atomic mass is 32.2. The monoisotopic (exact) mass is 619 g/mol. The molecule has 13 nitrogen and oxygen atoms in total. The van der Waals surface area contributed by atoms with Crippen LogP contribution in [-0.2, 0) is 16.6 Å². The number of tetrazole rings is 1. The first kappa shape index (κ1) is 28.0. The van der Waals surface area contributed by atoms with E-state index in [1.165, 1.54) is 22.5 Å². The first-order valence-electron chi connectivity index (χ1n) is 12.8. The maximum absolute atomic E-state index is 13.6. The standard InChI is InChI=1S/C27H22FN9O4S2/c1-15-9-16(4-7-19(15)28)12-29-26(38)20-11-21(31-14-30-20)27(39)32-22-13-37(43(40,41)24-3-2-8-42-24)23-10-17(5-6-18(22)23)25-33-35-36-34-25/h2-11,14,22H,12-13H2,1H3,(H,29,38)(H,32,39)(H,33,34,35,36)/t22-/m1/s1. The molecule has 1 atom stereocenters. The van der Waals surface area contributed by atoms with Crippen LogP contribution in [0.3, 0.4) is 0 Å². The van der Waals surface area contributed by atoms with Gasteiger partial charge in [0.25, 0.3) is 21.8 Å². The van der Waals surface area contributed by atoms with E-state index in [2.05, 4.69) is 41.2 Å². The molecule has 0 aliphatic carbocycles. The second kappa shape index (κ2) is 11.3. The molecule has 2 amide bonds. The van der Waals surface area contributed by atoms with Gasteiger partial charge >= 0.3 is 0 Å². The summed E-state index contributed by atoms with van der Waals surface area (Å²) in [6.07, 6.45) is 1.10. The number of halogens is 1. The quantitative estimate of drug-likeness (QED) is 0.236. The van der Waals surface area contributed by atoms with Crippen LogP contribution >= 0.6 is 11.3 Å². The van der Waals surface area contributed by atoms with Crippen molar-refractivity contribution in [3.63, 3.8) is 0 Å². The number of hydrogen-bond donors (Lipinski definition) is 3. The molecule has 2 aromatic carbocycles. The van der Waals surface area contributed by atoms with Crippen LogP contribution in [0.4, 0.5) is 10.1 Å². The minimum Gasteiger partial charge on any atom is -0.347 e. The molecule has 0 fully saturated rings. The fraction of sp³-hybridized carbons (Fsp3) is 0.148. The third-order valence-corrected chi connectivity index (χ3v) is 9.93. The number of rotatable bonds is 8. The van der Waals surface area contributed by atoms with Crippen LogP contribution in [0.5, 0.6) is 0 Å². The lowest BCUT2D eigenvalue weighted by Gasteiger charge is -2.19. The zero-order valence-electron chi connectivity index (χ0n) is 22.4. The molecule has 4 heterocycles. The molecule has 0 radical (unpaired) electrons. The van der Waals surface area contributed by atoms with Crippen LogP contribution in [0.25, 0.3) is 11.4 Å². The Bertz CT molecular complexity index is 1930. The molecule has 3 aromatic heterocycles. The first-order valence-corrected chi connectivity index (χ1v) is 15.1. The molecule has 5 aromatic rings. The van der Waals surface area contributed by atoms with Crippen molar-refractivity contribution in [2.45, 2.75) is 23.7 Å². The van der Waals surface area contributed by atoms with Gasteiger partial charge in [0.1, 0.15) is 27.7 Å². The van der Waals surface area contributed by atoms with Gasteiger partial charge in [0.15, 0.2) is 0 Å². The SMILES string of the molecule is Cc1cc(CNC(=O)c2cc(C(=O)N[C@@H]3CN(S(=O)(=O)c4cccs4)c4cc(-c5nn[nH]n5)ccc43)ncn2)ccc1F. The summed E-state index contributed by atoms with van der Waals surface area (Å²) in [7, 11) is -3.94. The number of anilines is 1. The number of carbonyl (C=O) groups is 2. The molecule has 0 saturated carbocycles. The largest absolute Gasteiger partial charge is 0.347 e. The van der Waals surface area contributed by atoms with E-state index in [0.717, 1.165) is 17.7 Å². The highest BCUT2D eigenvalue weighted by Gasteiger charge is 2.38. The number of carbonyl (C=O) groups excluding carboxylic acids is 2. The number of aromatic nitrogens is 6. The maximum Gasteiger partial charge on any atom is 0.273 e. The van der Waals surface area contributed by atoms with Crippen molar-refractivity contribution in [1.82, 2.24) is 41.2 Å². The van der Waals surface area contributed by atoms with E-state index in [-0.39, 0.29) is 40.3 Å². The summed E-state index contributed by atoms with van der Waals surface area (Å²) in [6.45, 7) is 1.68. The van der Waals surface area contributed by atoms with Crippen LogP contribution in [0.15, 0.2) is 70.5 Å². The summed E-state index contributed by atoms with van der Waals surface area (Å²) < 4.78 is 42.1. The number of benzene rings is 2. The van der Waals surface area contributed by atoms with Gasteiger partial charge in [0, 0.05) is 23.7 Å². The summed E-state index contributed by atoms with van der Waals surface area (Å²) in [6, 6.07) is 13.2. The highest BCUT2D eigenvalue weighted by molar-refractivity contribution is 7.94. The molecule has 16 heteroatoms. The molecule has 1 aliphatic rings. The summed E-state index contributed by atoms with van der Waals surface area (Å²) in [5.74, 6) is -1.23. The highest BCUT2D eigenvalue weighted by Crippen LogP contribution is 2.41. The third-order valence-electron chi connectivity index (χ3n) is 6.78. The Morgan fingerprint density at radius 1 is 1.09 bits per heavy atom. The van der Waals surface area contributed by atoms with Gasteiger partial charge in [-0.2, -0.15) is 5.21 Å². The van der Waals surface area contributed by atoms with Gasteiger partial charge in [-0.1, -0.05) is 30.3 Å². The van der Waals surface area contributed by atoms with Crippen molar-refractivity contribution >= 4 is 38.9 Å². The minimum atomic E-state index is -3.94. The van der Waals surface area contributed by atoms with Crippen molar-refractivity contribution in [1.29, 1.82) is 0 Å². The Morgan fingerprint density at radius 2 is 1.91 bits per heavy atom. The predicted molar refractivity (Wildman–Crippen MR) is 153 cm³/mol. The number of amides is 2. The summed E-state index contributed by atoms with van der Waals surface area (Å²) in [5, 5.41) is 21.1. The van der Waals surface area contributed by atoms with Crippen molar-refractivity contribution in [2.24, 2.45) is 0 Å². The third kappa shape index (κ3) is 5.56. The number of thiophene rings is 1. The Kier molecular flexibility index (Phi) is 7.37. The molecule has 0 unspecified atom stereocenters. The van der Waals surface area contributed by atoms with E-state index < -0.39 is 27.9 Å². The number of hydrogen-bond acceptors (Lipinski definition) is 10. The van der Waals surface area contributed by atoms with E-state index in [1.54, 1.807) is 48.7 Å². The summed E-state index contributed by atoms with van der Waals surface area (Å²) in [5.41, 5.74) is 2.48. The topological polar surface area (TPSA) is 176 Å². The van der Waals surface area contributed by atoms with Crippen LogP contribution in [0.2, 0.25) is 0 Å². The van der Waals surface area contributed by atoms with Crippen molar-refractivity contribution in [3.05, 3.63) is 100 Å². The smallest absolute Gasteiger partial charge is 0.273 e. The molecule has 0 spiro atoms. The van der Waals surface area contributed by atoms with Crippen LogP contribution < -0.4 is 14.9 Å². The number of H-pyrrole nitrogens is 1. The van der Waals surface area contributed by atoms with Crippen molar-refractivity contribution in [2.75, 3.05) is 10.8 Å². The Hall–Kier alpha value is -5.09. The lowest BCUT2D eigenvalue weighted by molar-refractivity contribution is 0.0934. The van der Waals surface area contributed by atoms with Gasteiger partial charge in [-0.15, -0.1) is 21.5 Å². The molecule has 6 rings (SSSR count). The van der Waals surface area contributed by atoms with Gasteiger partial charge < -0.3 is 10.6 Å². The van der Waals surface area contributed by atoms with Gasteiger partial charge in [-0.05, 0) is 46.8 Å². The number of nitrogens with zero attached hydrogens (tertiary/aromatic N) is 6. The summed E-state index contributed by atoms with van der Waals surface area (Å²) >= 11 is 1.09. The van der Waals surface area contributed by atoms with Crippen LogP contribution in [-0.4, -0.2) is 57.4 Å². The molecular weight excluding hydrogens is 597 g/mol. The fourth-order valence-corrected chi connectivity index (χ4v) is 7.24. The van der Waals surface area contributed by atoms with E-state index in [0.29, 0.717) is 27.9 Å². The van der Waals surface area contributed by atoms with Gasteiger partial charge in [-0.25, -0.2) is 22.8 Å². The second-order valence-electron chi connectivity index (χ2n) is 9.56. The van der Waals surface area contributed by atoms with Crippen LogP contribution in [0, 0.1) is 12.7 Å². The molecule has 218 valence electrons. The van der Waals surface area contributed by atoms with Crippen molar-refractivity contribution < 1.29 is 22.4 Å². The fourth-order valence-electron chi connectivity index (χ4n) is 4.64. The lowest BCUT2D eigenvalue weighted by atomic mass is 10.1. The average molecular weight is 620 g/mol. The Morgan fingerprint density at radius 3 is 2.63 bits per heavy atom. The summed E-state index contributed by atoms with van der Waals surface area (Å²) in [4.78, 5) is 34.0. The van der Waals surface area contributed by atoms with E-state index in [9.17, 15) is 22.4 Å². The number of sulfonamides is 1. The molecule has 3 N–H and O–H groups in total. The second-order valence-corrected chi connectivity index (χ2v) is 12.6. The number of fused-ring (bicyclic) bond motifs is 1. The Balaban J connectivity index is 1.23. The molecule has 0 saturated heterocycles. The van der Waals surface area contributed by atoms with Gasteiger partial charge in [0.2, 0.25) is 5.82 Å². The number of aromatic amines is 1. The van der Waals surface area contributed by atoms with E-state index in [1.807, 2.05) is 0 Å².